The second kappa shape index (κ2) is 12.1. The molecule has 0 fully saturated rings. The zero-order chi connectivity index (χ0) is 24.6. The van der Waals surface area contributed by atoms with E-state index in [4.69, 9.17) is 0 Å². The molecule has 188 valence electrons. The van der Waals surface area contributed by atoms with E-state index in [0.717, 1.165) is 38.5 Å². The van der Waals surface area contributed by atoms with E-state index in [1.54, 1.807) is 0 Å². The van der Waals surface area contributed by atoms with Gasteiger partial charge in [-0.25, -0.2) is 16.8 Å². The molecule has 0 bridgehead atoms. The smallest absolute Gasteiger partial charge is 0.324 e. The molecule has 0 saturated carbocycles. The summed E-state index contributed by atoms with van der Waals surface area (Å²) in [6.07, 6.45) is 3.25. The molecular formula is C18H34F6NO4S2+. The van der Waals surface area contributed by atoms with Crippen molar-refractivity contribution in [3.63, 3.8) is 0 Å². The second-order valence-corrected chi connectivity index (χ2v) is 12.4. The largest absolute Gasteiger partial charge is 0.498 e. The van der Waals surface area contributed by atoms with Crippen molar-refractivity contribution >= 4 is 19.7 Å². The highest BCUT2D eigenvalue weighted by Gasteiger charge is 2.62. The first kappa shape index (κ1) is 30.4. The van der Waals surface area contributed by atoms with Crippen LogP contribution in [0.15, 0.2) is 0 Å². The maximum Gasteiger partial charge on any atom is 0.498 e. The Labute approximate surface area is 181 Å². The lowest BCUT2D eigenvalue weighted by atomic mass is 10.1. The highest BCUT2D eigenvalue weighted by atomic mass is 32.3. The number of hydrogen-bond acceptors (Lipinski definition) is 4. The summed E-state index contributed by atoms with van der Waals surface area (Å²) < 4.78 is 121. The van der Waals surface area contributed by atoms with E-state index in [0.29, 0.717) is 24.1 Å². The predicted octanol–water partition coefficient (Wildman–Crippen LogP) is 5.18. The van der Waals surface area contributed by atoms with Crippen LogP contribution in [0.4, 0.5) is 26.3 Å². The summed E-state index contributed by atoms with van der Waals surface area (Å²) in [5, 5.41) is 0. The van der Waals surface area contributed by atoms with E-state index in [1.807, 2.05) is 20.8 Å². The molecule has 0 aromatic carbocycles. The lowest BCUT2D eigenvalue weighted by Gasteiger charge is -2.39. The van der Waals surface area contributed by atoms with Crippen LogP contribution in [0.2, 0.25) is 0 Å². The lowest BCUT2D eigenvalue weighted by molar-refractivity contribution is -0.929. The zero-order valence-electron chi connectivity index (χ0n) is 18.2. The van der Waals surface area contributed by atoms with Crippen LogP contribution < -0.4 is 0 Å². The van der Waals surface area contributed by atoms with Gasteiger partial charge in [-0.15, -0.1) is 0 Å². The third-order valence-electron chi connectivity index (χ3n) is 5.37. The van der Waals surface area contributed by atoms with E-state index in [1.165, 1.54) is 0 Å². The van der Waals surface area contributed by atoms with Crippen molar-refractivity contribution in [1.82, 2.24) is 0 Å². The fourth-order valence-electron chi connectivity index (χ4n) is 3.52. The molecule has 0 saturated heterocycles. The molecule has 0 aliphatic rings. The predicted molar refractivity (Wildman–Crippen MR) is 107 cm³/mol. The normalized spacial score (nSPS) is 14.4. The fourth-order valence-corrected chi connectivity index (χ4v) is 7.06. The standard InChI is InChI=1S/C18H34F6NO4S2/c1-4-7-12-25(13-8-5-2,14-9-6-3)15-10-11-16(30(26,27)17(19,20)21)31(28,29)18(22,23)24/h16H,4-15H2,1-3H3/q+1. The Kier molecular flexibility index (Phi) is 11.8. The average molecular weight is 507 g/mol. The molecule has 31 heavy (non-hydrogen) atoms. The first-order valence-corrected chi connectivity index (χ1v) is 13.6. The summed E-state index contributed by atoms with van der Waals surface area (Å²) in [5.74, 6) is 0. The molecule has 0 aromatic rings. The molecule has 0 amide bonds. The highest BCUT2D eigenvalue weighted by molar-refractivity contribution is 8.09. The molecule has 0 aliphatic carbocycles. The number of hydrogen-bond donors (Lipinski definition) is 0. The average Bonchev–Trinajstić information content (AvgIpc) is 2.63. The van der Waals surface area contributed by atoms with Gasteiger partial charge in [0.15, 0.2) is 4.58 Å². The van der Waals surface area contributed by atoms with Crippen LogP contribution in [-0.4, -0.2) is 63.1 Å². The van der Waals surface area contributed by atoms with Crippen LogP contribution >= 0.6 is 0 Å². The van der Waals surface area contributed by atoms with Crippen molar-refractivity contribution in [2.45, 2.75) is 87.7 Å². The summed E-state index contributed by atoms with van der Waals surface area (Å²) in [7, 11) is -13.1. The first-order chi connectivity index (χ1) is 14.0. The number of quaternary nitrogens is 1. The molecule has 0 radical (unpaired) electrons. The highest BCUT2D eigenvalue weighted by Crippen LogP contribution is 2.38. The van der Waals surface area contributed by atoms with Crippen LogP contribution in [0, 0.1) is 0 Å². The number of alkyl halides is 6. The van der Waals surface area contributed by atoms with E-state index >= 15 is 0 Å². The van der Waals surface area contributed by atoms with Crippen molar-refractivity contribution in [1.29, 1.82) is 0 Å². The van der Waals surface area contributed by atoms with E-state index < -0.39 is 41.7 Å². The zero-order valence-corrected chi connectivity index (χ0v) is 19.9. The molecule has 0 rings (SSSR count). The quantitative estimate of drug-likeness (QED) is 0.227. The van der Waals surface area contributed by atoms with Crippen LogP contribution in [-0.2, 0) is 19.7 Å². The van der Waals surface area contributed by atoms with Gasteiger partial charge in [0.05, 0.1) is 26.2 Å². The third kappa shape index (κ3) is 8.38. The number of nitrogens with zero attached hydrogens (tertiary/aromatic N) is 1. The van der Waals surface area contributed by atoms with Gasteiger partial charge in [0.1, 0.15) is 0 Å². The van der Waals surface area contributed by atoms with Crippen molar-refractivity contribution in [3.05, 3.63) is 0 Å². The third-order valence-corrected chi connectivity index (χ3v) is 10.0. The van der Waals surface area contributed by atoms with E-state index in [2.05, 4.69) is 0 Å². The Balaban J connectivity index is 5.90. The molecule has 5 nitrogen and oxygen atoms in total. The SMILES string of the molecule is CCCC[N+](CCCC)(CCCC)CCCC(S(=O)(=O)C(F)(F)F)S(=O)(=O)C(F)(F)F. The Morgan fingerprint density at radius 3 is 1.16 bits per heavy atom. The molecule has 0 aliphatic heterocycles. The summed E-state index contributed by atoms with van der Waals surface area (Å²) >= 11 is 0. The van der Waals surface area contributed by atoms with Gasteiger partial charge in [0.25, 0.3) is 19.7 Å². The maximum absolute atomic E-state index is 12.9. The molecule has 0 spiro atoms. The lowest BCUT2D eigenvalue weighted by Crippen LogP contribution is -2.51. The fraction of sp³-hybridized carbons (Fsp3) is 1.00. The molecule has 0 aromatic heterocycles. The van der Waals surface area contributed by atoms with Gasteiger partial charge in [-0.2, -0.15) is 26.3 Å². The Hall–Kier alpha value is -0.560. The number of sulfone groups is 2. The van der Waals surface area contributed by atoms with Gasteiger partial charge >= 0.3 is 11.0 Å². The van der Waals surface area contributed by atoms with Gasteiger partial charge < -0.3 is 4.48 Å². The monoisotopic (exact) mass is 506 g/mol. The summed E-state index contributed by atoms with van der Waals surface area (Å²) in [6, 6.07) is 0. The van der Waals surface area contributed by atoms with E-state index in [9.17, 15) is 43.2 Å². The first-order valence-electron chi connectivity index (χ1n) is 10.5. The number of unbranched alkanes of at least 4 members (excludes halogenated alkanes) is 3. The van der Waals surface area contributed by atoms with Gasteiger partial charge in [-0.3, -0.25) is 0 Å². The molecule has 0 heterocycles. The topological polar surface area (TPSA) is 68.3 Å². The van der Waals surface area contributed by atoms with Gasteiger partial charge in [-0.05, 0) is 32.1 Å². The number of rotatable bonds is 15. The van der Waals surface area contributed by atoms with Crippen molar-refractivity contribution in [3.8, 4) is 0 Å². The molecular weight excluding hydrogens is 472 g/mol. The summed E-state index contributed by atoms with van der Waals surface area (Å²) in [6.45, 7) is 7.94. The minimum absolute atomic E-state index is 0.122. The van der Waals surface area contributed by atoms with E-state index in [-0.39, 0.29) is 13.0 Å². The van der Waals surface area contributed by atoms with Gasteiger partial charge in [0, 0.05) is 0 Å². The Morgan fingerprint density at radius 1 is 0.613 bits per heavy atom. The van der Waals surface area contributed by atoms with Crippen molar-refractivity contribution in [2.24, 2.45) is 0 Å². The van der Waals surface area contributed by atoms with Crippen LogP contribution in [0.1, 0.15) is 72.1 Å². The molecule has 0 unspecified atom stereocenters. The molecule has 0 N–H and O–H groups in total. The Bertz CT molecular complexity index is 667. The van der Waals surface area contributed by atoms with Crippen LogP contribution in [0.5, 0.6) is 0 Å². The van der Waals surface area contributed by atoms with Crippen molar-refractivity contribution in [2.75, 3.05) is 26.2 Å². The molecule has 13 heteroatoms. The molecule has 0 atom stereocenters. The summed E-state index contributed by atoms with van der Waals surface area (Å²) in [4.78, 5) is 0. The van der Waals surface area contributed by atoms with Crippen LogP contribution in [0.25, 0.3) is 0 Å². The number of halogens is 6. The maximum atomic E-state index is 12.9. The second-order valence-electron chi connectivity index (χ2n) is 7.85. The summed E-state index contributed by atoms with van der Waals surface area (Å²) in [5.41, 5.74) is -12.2. The minimum Gasteiger partial charge on any atom is -0.324 e. The van der Waals surface area contributed by atoms with Crippen molar-refractivity contribution < 1.29 is 47.7 Å². The van der Waals surface area contributed by atoms with Gasteiger partial charge in [0.2, 0.25) is 0 Å². The van der Waals surface area contributed by atoms with Crippen LogP contribution in [0.3, 0.4) is 0 Å². The Morgan fingerprint density at radius 2 is 0.903 bits per heavy atom. The minimum atomic E-state index is -6.56. The van der Waals surface area contributed by atoms with Gasteiger partial charge in [-0.1, -0.05) is 40.0 Å².